The summed E-state index contributed by atoms with van der Waals surface area (Å²) in [6.07, 6.45) is -0.0797. The summed E-state index contributed by atoms with van der Waals surface area (Å²) in [5, 5.41) is 21.8. The maximum atomic E-state index is 13.0. The van der Waals surface area contributed by atoms with Crippen LogP contribution in [0, 0.1) is 5.82 Å². The van der Waals surface area contributed by atoms with E-state index in [4.69, 9.17) is 5.11 Å². The van der Waals surface area contributed by atoms with Crippen LogP contribution in [0.1, 0.15) is 5.56 Å². The zero-order chi connectivity index (χ0) is 17.8. The molecule has 8 heteroatoms. The summed E-state index contributed by atoms with van der Waals surface area (Å²) >= 11 is 0. The van der Waals surface area contributed by atoms with Gasteiger partial charge in [-0.3, -0.25) is 19.8 Å². The highest BCUT2D eigenvalue weighted by molar-refractivity contribution is 5.71. The van der Waals surface area contributed by atoms with Crippen molar-refractivity contribution in [3.05, 3.63) is 70.3 Å². The number of H-pyrrole nitrogens is 2. The summed E-state index contributed by atoms with van der Waals surface area (Å²) < 4.78 is 13.0. The van der Waals surface area contributed by atoms with E-state index in [1.807, 2.05) is 0 Å². The molecule has 0 unspecified atom stereocenters. The predicted octanol–water partition coefficient (Wildman–Crippen LogP) is 3.55. The number of carboxylic acids is 1. The zero-order valence-corrected chi connectivity index (χ0v) is 12.9. The van der Waals surface area contributed by atoms with Crippen molar-refractivity contribution in [1.29, 1.82) is 0 Å². The number of carboxylic acid groups (broad SMARTS) is 1. The smallest absolute Gasteiger partial charge is 0.307 e. The Kier molecular flexibility index (Phi) is 4.51. The van der Waals surface area contributed by atoms with Gasteiger partial charge < -0.3 is 5.11 Å². The first-order chi connectivity index (χ1) is 12.0. The number of hydrogen-bond acceptors (Lipinski definition) is 4. The Labute approximate surface area is 140 Å². The van der Waals surface area contributed by atoms with Gasteiger partial charge in [-0.05, 0) is 42.0 Å². The van der Waals surface area contributed by atoms with Gasteiger partial charge in [-0.15, -0.1) is 5.11 Å². The number of nitrogens with zero attached hydrogens (tertiary/aromatic N) is 2. The standard InChI is InChI=1S/C17H13FN4O3/c18-12-5-3-11(4-6-12)15-16(17(25)22-20-15)21-19-13-7-1-10(2-8-13)9-14(23)24/h1-8H,9H2,(H,23,24)(H2,20,22,25). The van der Waals surface area contributed by atoms with Crippen LogP contribution in [0.15, 0.2) is 63.6 Å². The molecule has 0 amide bonds. The van der Waals surface area contributed by atoms with Crippen molar-refractivity contribution in [3.8, 4) is 11.3 Å². The molecule has 0 bridgehead atoms. The second-order valence-electron chi connectivity index (χ2n) is 5.25. The van der Waals surface area contributed by atoms with E-state index in [-0.39, 0.29) is 17.9 Å². The lowest BCUT2D eigenvalue weighted by Crippen LogP contribution is -1.99. The molecule has 0 aliphatic carbocycles. The molecule has 1 aromatic heterocycles. The highest BCUT2D eigenvalue weighted by Crippen LogP contribution is 2.26. The summed E-state index contributed by atoms with van der Waals surface area (Å²) in [4.78, 5) is 22.6. The van der Waals surface area contributed by atoms with E-state index < -0.39 is 11.5 Å². The van der Waals surface area contributed by atoms with Gasteiger partial charge in [-0.1, -0.05) is 12.1 Å². The molecule has 2 aromatic carbocycles. The van der Waals surface area contributed by atoms with Gasteiger partial charge in [0.05, 0.1) is 17.8 Å². The summed E-state index contributed by atoms with van der Waals surface area (Å²) in [7, 11) is 0. The van der Waals surface area contributed by atoms with Crippen LogP contribution in [-0.4, -0.2) is 21.3 Å². The Bertz CT molecular complexity index is 972. The van der Waals surface area contributed by atoms with E-state index in [0.29, 0.717) is 22.5 Å². The maximum absolute atomic E-state index is 13.0. The van der Waals surface area contributed by atoms with Crippen molar-refractivity contribution in [3.63, 3.8) is 0 Å². The summed E-state index contributed by atoms with van der Waals surface area (Å²) in [6.45, 7) is 0. The first kappa shape index (κ1) is 16.3. The number of aliphatic carboxylic acids is 1. The molecule has 0 radical (unpaired) electrons. The Morgan fingerprint density at radius 1 is 1.00 bits per heavy atom. The number of nitrogens with one attached hydrogen (secondary N) is 2. The van der Waals surface area contributed by atoms with Crippen molar-refractivity contribution in [1.82, 2.24) is 10.2 Å². The minimum Gasteiger partial charge on any atom is -0.481 e. The minimum absolute atomic E-state index is 0.0706. The second kappa shape index (κ2) is 6.91. The van der Waals surface area contributed by atoms with E-state index in [0.717, 1.165) is 0 Å². The summed E-state index contributed by atoms with van der Waals surface area (Å²) in [5.74, 6) is -1.30. The van der Waals surface area contributed by atoms with Gasteiger partial charge in [0.2, 0.25) is 0 Å². The zero-order valence-electron chi connectivity index (χ0n) is 12.9. The molecule has 3 aromatic rings. The lowest BCUT2D eigenvalue weighted by molar-refractivity contribution is -0.136. The third-order valence-electron chi connectivity index (χ3n) is 3.44. The molecule has 0 saturated carbocycles. The number of benzene rings is 2. The van der Waals surface area contributed by atoms with Gasteiger partial charge >= 0.3 is 5.97 Å². The van der Waals surface area contributed by atoms with Crippen LogP contribution in [-0.2, 0) is 11.2 Å². The fourth-order valence-corrected chi connectivity index (χ4v) is 2.23. The van der Waals surface area contributed by atoms with E-state index >= 15 is 0 Å². The van der Waals surface area contributed by atoms with Crippen LogP contribution in [0.5, 0.6) is 0 Å². The SMILES string of the molecule is O=C(O)Cc1ccc(N=Nc2c(-c3ccc(F)cc3)[nH][nH]c2=O)cc1. The number of aromatic amines is 2. The van der Waals surface area contributed by atoms with Crippen molar-refractivity contribution >= 4 is 17.3 Å². The highest BCUT2D eigenvalue weighted by Gasteiger charge is 2.11. The Hall–Kier alpha value is -3.55. The third-order valence-corrected chi connectivity index (χ3v) is 3.44. The monoisotopic (exact) mass is 340 g/mol. The number of halogens is 1. The molecule has 0 fully saturated rings. The number of aromatic nitrogens is 2. The molecule has 126 valence electrons. The van der Waals surface area contributed by atoms with Gasteiger partial charge in [0, 0.05) is 5.56 Å². The van der Waals surface area contributed by atoms with Crippen LogP contribution in [0.25, 0.3) is 11.3 Å². The molecule has 0 aliphatic rings. The maximum Gasteiger partial charge on any atom is 0.307 e. The fourth-order valence-electron chi connectivity index (χ4n) is 2.23. The molecule has 1 heterocycles. The van der Waals surface area contributed by atoms with Crippen LogP contribution in [0.2, 0.25) is 0 Å². The number of hydrogen-bond donors (Lipinski definition) is 3. The molecule has 25 heavy (non-hydrogen) atoms. The van der Waals surface area contributed by atoms with Crippen molar-refractivity contribution < 1.29 is 14.3 Å². The van der Waals surface area contributed by atoms with Gasteiger partial charge in [-0.25, -0.2) is 4.39 Å². The Morgan fingerprint density at radius 2 is 1.68 bits per heavy atom. The molecule has 3 N–H and O–H groups in total. The topological polar surface area (TPSA) is 111 Å². The molecule has 7 nitrogen and oxygen atoms in total. The average Bonchev–Trinajstić information content (AvgIpc) is 2.95. The third kappa shape index (κ3) is 3.86. The van der Waals surface area contributed by atoms with Crippen LogP contribution < -0.4 is 5.56 Å². The number of rotatable bonds is 5. The van der Waals surface area contributed by atoms with Crippen molar-refractivity contribution in [2.45, 2.75) is 6.42 Å². The quantitative estimate of drug-likeness (QED) is 0.618. The summed E-state index contributed by atoms with van der Waals surface area (Å²) in [5.41, 5.74) is 1.71. The van der Waals surface area contributed by atoms with Gasteiger partial charge in [0.1, 0.15) is 5.82 Å². The molecular weight excluding hydrogens is 327 g/mol. The first-order valence-electron chi connectivity index (χ1n) is 7.32. The molecular formula is C17H13FN4O3. The molecule has 3 rings (SSSR count). The van der Waals surface area contributed by atoms with Crippen molar-refractivity contribution in [2.75, 3.05) is 0 Å². The Balaban J connectivity index is 1.86. The number of azo groups is 1. The van der Waals surface area contributed by atoms with Crippen LogP contribution >= 0.6 is 0 Å². The van der Waals surface area contributed by atoms with Crippen LogP contribution in [0.3, 0.4) is 0 Å². The molecule has 0 saturated heterocycles. The van der Waals surface area contributed by atoms with Gasteiger partial charge in [0.25, 0.3) is 5.56 Å². The van der Waals surface area contributed by atoms with E-state index in [9.17, 15) is 14.0 Å². The van der Waals surface area contributed by atoms with Gasteiger partial charge in [0.15, 0.2) is 5.69 Å². The second-order valence-corrected chi connectivity index (χ2v) is 5.25. The fraction of sp³-hybridized carbons (Fsp3) is 0.0588. The normalized spacial score (nSPS) is 11.1. The summed E-state index contributed by atoms with van der Waals surface area (Å²) in [6, 6.07) is 12.1. The van der Waals surface area contributed by atoms with Crippen LogP contribution in [0.4, 0.5) is 15.8 Å². The number of carbonyl (C=O) groups is 1. The van der Waals surface area contributed by atoms with E-state index in [1.54, 1.807) is 24.3 Å². The Morgan fingerprint density at radius 3 is 2.32 bits per heavy atom. The van der Waals surface area contributed by atoms with Crippen molar-refractivity contribution in [2.24, 2.45) is 10.2 Å². The average molecular weight is 340 g/mol. The molecule has 0 aliphatic heterocycles. The first-order valence-corrected chi connectivity index (χ1v) is 7.32. The predicted molar refractivity (Wildman–Crippen MR) is 88.8 cm³/mol. The van der Waals surface area contributed by atoms with Gasteiger partial charge in [-0.2, -0.15) is 5.11 Å². The molecule has 0 atom stereocenters. The van der Waals surface area contributed by atoms with E-state index in [2.05, 4.69) is 20.4 Å². The largest absolute Gasteiger partial charge is 0.481 e. The lowest BCUT2D eigenvalue weighted by Gasteiger charge is -1.99. The minimum atomic E-state index is -0.919. The lowest BCUT2D eigenvalue weighted by atomic mass is 10.1. The highest BCUT2D eigenvalue weighted by atomic mass is 19.1. The molecule has 0 spiro atoms. The van der Waals surface area contributed by atoms with E-state index in [1.165, 1.54) is 24.3 Å².